The van der Waals surface area contributed by atoms with Gasteiger partial charge in [-0.25, -0.2) is 0 Å². The fraction of sp³-hybridized carbons (Fsp3) is 1.00. The van der Waals surface area contributed by atoms with E-state index in [-0.39, 0.29) is 12.1 Å². The lowest BCUT2D eigenvalue weighted by Crippen LogP contribution is -2.39. The van der Waals surface area contributed by atoms with Crippen LogP contribution in [-0.4, -0.2) is 19.8 Å². The third-order valence-electron chi connectivity index (χ3n) is 2.01. The molecule has 1 heterocycles. The van der Waals surface area contributed by atoms with Crippen molar-refractivity contribution in [3.05, 3.63) is 0 Å². The first-order chi connectivity index (χ1) is 4.27. The molecule has 1 aliphatic heterocycles. The molecule has 1 atom stereocenters. The summed E-state index contributed by atoms with van der Waals surface area (Å²) in [5.41, 5.74) is -0.0573. The average molecular weight is 131 g/mol. The Balaban J connectivity index is 2.37. The Hall–Kier alpha value is -0.110. The summed E-state index contributed by atoms with van der Waals surface area (Å²) in [6.45, 7) is 3.73. The number of hydrogen-bond donors (Lipinski definition) is 1. The predicted molar refractivity (Wildman–Crippen MR) is 36.2 cm³/mol. The van der Waals surface area contributed by atoms with Crippen LogP contribution in [0.3, 0.4) is 0 Å². The summed E-state index contributed by atoms with van der Waals surface area (Å²) in [6, 6.07) is 0. The van der Waals surface area contributed by atoms with Crippen LogP contribution >= 0.6 is 0 Å². The van der Waals surface area contributed by atoms with E-state index >= 15 is 0 Å². The molecule has 0 bridgehead atoms. The smallest absolute Gasteiger partial charge is 0.0960 e. The molecular formula is C7H14FN. The second-order valence-electron chi connectivity index (χ2n) is 3.22. The summed E-state index contributed by atoms with van der Waals surface area (Å²) in [7, 11) is 0. The van der Waals surface area contributed by atoms with E-state index in [1.54, 1.807) is 0 Å². The molecular weight excluding hydrogens is 117 g/mol. The van der Waals surface area contributed by atoms with E-state index in [1.807, 2.05) is 6.92 Å². The Bertz CT molecular complexity index is 86.9. The average Bonchev–Trinajstić information content (AvgIpc) is 1.90. The number of alkyl halides is 1. The SMILES string of the molecule is C[C@]1(CF)CCCNC1. The van der Waals surface area contributed by atoms with Crippen molar-refractivity contribution >= 4 is 0 Å². The number of nitrogens with one attached hydrogen (secondary N) is 1. The van der Waals surface area contributed by atoms with Crippen LogP contribution in [0.15, 0.2) is 0 Å². The third-order valence-corrected chi connectivity index (χ3v) is 2.01. The van der Waals surface area contributed by atoms with E-state index in [0.29, 0.717) is 0 Å². The first-order valence-corrected chi connectivity index (χ1v) is 3.54. The molecule has 1 N–H and O–H groups in total. The molecule has 0 aromatic carbocycles. The predicted octanol–water partition coefficient (Wildman–Crippen LogP) is 1.35. The molecule has 0 saturated carbocycles. The number of rotatable bonds is 1. The van der Waals surface area contributed by atoms with Crippen molar-refractivity contribution in [1.82, 2.24) is 5.32 Å². The highest BCUT2D eigenvalue weighted by Crippen LogP contribution is 2.25. The molecule has 0 radical (unpaired) electrons. The van der Waals surface area contributed by atoms with E-state index in [1.165, 1.54) is 0 Å². The molecule has 2 heteroatoms. The van der Waals surface area contributed by atoms with Gasteiger partial charge in [0.05, 0.1) is 6.67 Å². The Morgan fingerprint density at radius 1 is 1.67 bits per heavy atom. The highest BCUT2D eigenvalue weighted by molar-refractivity contribution is 4.80. The number of hydrogen-bond acceptors (Lipinski definition) is 1. The van der Waals surface area contributed by atoms with Gasteiger partial charge in [0.25, 0.3) is 0 Å². The van der Waals surface area contributed by atoms with Crippen molar-refractivity contribution in [3.8, 4) is 0 Å². The summed E-state index contributed by atoms with van der Waals surface area (Å²) in [5.74, 6) is 0. The Labute approximate surface area is 55.6 Å². The maximum absolute atomic E-state index is 12.2. The van der Waals surface area contributed by atoms with E-state index in [9.17, 15) is 4.39 Å². The Morgan fingerprint density at radius 3 is 2.78 bits per heavy atom. The molecule has 1 aliphatic rings. The fourth-order valence-electron chi connectivity index (χ4n) is 1.23. The monoisotopic (exact) mass is 131 g/mol. The molecule has 1 nitrogen and oxygen atoms in total. The van der Waals surface area contributed by atoms with E-state index in [2.05, 4.69) is 5.32 Å². The molecule has 0 amide bonds. The van der Waals surface area contributed by atoms with Crippen LogP contribution in [0.5, 0.6) is 0 Å². The molecule has 9 heavy (non-hydrogen) atoms. The minimum absolute atomic E-state index is 0.0573. The van der Waals surface area contributed by atoms with Gasteiger partial charge >= 0.3 is 0 Å². The lowest BCUT2D eigenvalue weighted by atomic mass is 9.84. The van der Waals surface area contributed by atoms with Gasteiger partial charge in [0.1, 0.15) is 0 Å². The van der Waals surface area contributed by atoms with Crippen molar-refractivity contribution in [2.45, 2.75) is 19.8 Å². The zero-order chi connectivity index (χ0) is 6.74. The summed E-state index contributed by atoms with van der Waals surface area (Å²) in [6.07, 6.45) is 2.16. The summed E-state index contributed by atoms with van der Waals surface area (Å²) in [4.78, 5) is 0. The molecule has 1 rings (SSSR count). The maximum Gasteiger partial charge on any atom is 0.0960 e. The second-order valence-corrected chi connectivity index (χ2v) is 3.22. The van der Waals surface area contributed by atoms with Crippen LogP contribution in [-0.2, 0) is 0 Å². The number of piperidine rings is 1. The maximum atomic E-state index is 12.2. The van der Waals surface area contributed by atoms with Crippen LogP contribution in [0.2, 0.25) is 0 Å². The highest BCUT2D eigenvalue weighted by Gasteiger charge is 2.25. The first-order valence-electron chi connectivity index (χ1n) is 3.54. The van der Waals surface area contributed by atoms with Crippen molar-refractivity contribution < 1.29 is 4.39 Å². The van der Waals surface area contributed by atoms with Gasteiger partial charge < -0.3 is 5.32 Å². The van der Waals surface area contributed by atoms with Gasteiger partial charge in [-0.3, -0.25) is 4.39 Å². The summed E-state index contributed by atoms with van der Waals surface area (Å²) in [5, 5.41) is 3.19. The van der Waals surface area contributed by atoms with Gasteiger partial charge in [-0.1, -0.05) is 6.92 Å². The lowest BCUT2D eigenvalue weighted by molar-refractivity contribution is 0.177. The highest BCUT2D eigenvalue weighted by atomic mass is 19.1. The van der Waals surface area contributed by atoms with Crippen LogP contribution in [0.1, 0.15) is 19.8 Å². The molecule has 0 aromatic rings. The van der Waals surface area contributed by atoms with Gasteiger partial charge in [-0.05, 0) is 19.4 Å². The molecule has 54 valence electrons. The lowest BCUT2D eigenvalue weighted by Gasteiger charge is -2.30. The second kappa shape index (κ2) is 2.65. The molecule has 1 fully saturated rings. The fourth-order valence-corrected chi connectivity index (χ4v) is 1.23. The molecule has 0 aromatic heterocycles. The Kier molecular flexibility index (Phi) is 2.06. The zero-order valence-electron chi connectivity index (χ0n) is 5.91. The van der Waals surface area contributed by atoms with Gasteiger partial charge in [0, 0.05) is 12.0 Å². The summed E-state index contributed by atoms with van der Waals surface area (Å²) >= 11 is 0. The Morgan fingerprint density at radius 2 is 2.44 bits per heavy atom. The molecule has 0 aliphatic carbocycles. The van der Waals surface area contributed by atoms with Crippen molar-refractivity contribution in [1.29, 1.82) is 0 Å². The van der Waals surface area contributed by atoms with E-state index in [4.69, 9.17) is 0 Å². The van der Waals surface area contributed by atoms with Crippen molar-refractivity contribution in [3.63, 3.8) is 0 Å². The normalized spacial score (nSPS) is 36.7. The van der Waals surface area contributed by atoms with E-state index in [0.717, 1.165) is 25.9 Å². The van der Waals surface area contributed by atoms with E-state index < -0.39 is 0 Å². The largest absolute Gasteiger partial charge is 0.316 e. The van der Waals surface area contributed by atoms with Crippen molar-refractivity contribution in [2.75, 3.05) is 19.8 Å². The van der Waals surface area contributed by atoms with Gasteiger partial charge in [0.15, 0.2) is 0 Å². The number of halogens is 1. The minimum Gasteiger partial charge on any atom is -0.316 e. The quantitative estimate of drug-likeness (QED) is 0.566. The molecule has 1 saturated heterocycles. The standard InChI is InChI=1S/C7H14FN/c1-7(5-8)3-2-4-9-6-7/h9H,2-6H2,1H3/t7-/m1/s1. The van der Waals surface area contributed by atoms with Crippen LogP contribution in [0.25, 0.3) is 0 Å². The van der Waals surface area contributed by atoms with Gasteiger partial charge in [-0.15, -0.1) is 0 Å². The summed E-state index contributed by atoms with van der Waals surface area (Å²) < 4.78 is 12.2. The van der Waals surface area contributed by atoms with Crippen LogP contribution in [0, 0.1) is 5.41 Å². The van der Waals surface area contributed by atoms with Gasteiger partial charge in [-0.2, -0.15) is 0 Å². The third kappa shape index (κ3) is 1.65. The topological polar surface area (TPSA) is 12.0 Å². The first kappa shape index (κ1) is 7.00. The van der Waals surface area contributed by atoms with Crippen molar-refractivity contribution in [2.24, 2.45) is 5.41 Å². The zero-order valence-corrected chi connectivity index (χ0v) is 5.91. The van der Waals surface area contributed by atoms with Crippen LogP contribution < -0.4 is 5.32 Å². The molecule has 0 unspecified atom stereocenters. The minimum atomic E-state index is -0.181. The van der Waals surface area contributed by atoms with Gasteiger partial charge in [0.2, 0.25) is 0 Å². The molecule has 0 spiro atoms. The van der Waals surface area contributed by atoms with Crippen LogP contribution in [0.4, 0.5) is 4.39 Å².